The van der Waals surface area contributed by atoms with Gasteiger partial charge >= 0.3 is 0 Å². The van der Waals surface area contributed by atoms with Gasteiger partial charge in [0.25, 0.3) is 5.56 Å². The van der Waals surface area contributed by atoms with Crippen molar-refractivity contribution >= 4 is 17.6 Å². The van der Waals surface area contributed by atoms with E-state index in [1.54, 1.807) is 12.3 Å². The van der Waals surface area contributed by atoms with Crippen molar-refractivity contribution in [3.05, 3.63) is 40.6 Å². The Morgan fingerprint density at radius 1 is 1.58 bits per heavy atom. The van der Waals surface area contributed by atoms with Crippen LogP contribution in [0.5, 0.6) is 0 Å². The molecule has 0 bridgehead atoms. The summed E-state index contributed by atoms with van der Waals surface area (Å²) in [6.45, 7) is 2.00. The first-order valence-corrected chi connectivity index (χ1v) is 6.80. The normalized spacial score (nSPS) is 14.2. The fourth-order valence-corrected chi connectivity index (χ4v) is 2.83. The number of thioether (sulfide) groups is 1. The summed E-state index contributed by atoms with van der Waals surface area (Å²) in [7, 11) is 0. The fourth-order valence-electron chi connectivity index (χ4n) is 1.65. The van der Waals surface area contributed by atoms with E-state index in [1.165, 1.54) is 17.8 Å². The second-order valence-electron chi connectivity index (χ2n) is 4.10. The SMILES string of the molecule is CCC(N)C(Sc1nc(N)cc(=O)[nH]1)c1ccco1. The second-order valence-corrected chi connectivity index (χ2v) is 5.23. The maximum atomic E-state index is 11.4. The molecular weight excluding hydrogens is 264 g/mol. The van der Waals surface area contributed by atoms with Gasteiger partial charge in [-0.1, -0.05) is 18.7 Å². The number of aromatic nitrogens is 2. The highest BCUT2D eigenvalue weighted by Gasteiger charge is 2.23. The zero-order valence-electron chi connectivity index (χ0n) is 10.5. The molecule has 2 aromatic heterocycles. The average molecular weight is 280 g/mol. The van der Waals surface area contributed by atoms with Crippen LogP contribution in [0.4, 0.5) is 5.82 Å². The second kappa shape index (κ2) is 5.94. The van der Waals surface area contributed by atoms with Gasteiger partial charge in [-0.25, -0.2) is 4.98 Å². The van der Waals surface area contributed by atoms with Crippen molar-refractivity contribution in [2.45, 2.75) is 29.8 Å². The van der Waals surface area contributed by atoms with Crippen LogP contribution in [0.25, 0.3) is 0 Å². The van der Waals surface area contributed by atoms with E-state index in [0.717, 1.165) is 12.2 Å². The molecule has 5 N–H and O–H groups in total. The highest BCUT2D eigenvalue weighted by molar-refractivity contribution is 7.99. The molecule has 0 spiro atoms. The Balaban J connectivity index is 2.27. The molecule has 2 aromatic rings. The highest BCUT2D eigenvalue weighted by atomic mass is 32.2. The zero-order valence-corrected chi connectivity index (χ0v) is 11.3. The minimum Gasteiger partial charge on any atom is -0.468 e. The first kappa shape index (κ1) is 13.7. The molecule has 2 heterocycles. The first-order valence-electron chi connectivity index (χ1n) is 5.92. The molecule has 19 heavy (non-hydrogen) atoms. The monoisotopic (exact) mass is 280 g/mol. The van der Waals surface area contributed by atoms with Gasteiger partial charge in [0.15, 0.2) is 5.16 Å². The van der Waals surface area contributed by atoms with Crippen LogP contribution in [0, 0.1) is 0 Å². The molecule has 2 unspecified atom stereocenters. The smallest absolute Gasteiger partial charge is 0.253 e. The standard InChI is InChI=1S/C12H16N4O2S/c1-2-7(13)11(8-4-3-5-18-8)19-12-15-9(14)6-10(17)16-12/h3-7,11H,2,13H2,1H3,(H3,14,15,16,17). The Labute approximate surface area is 114 Å². The lowest BCUT2D eigenvalue weighted by molar-refractivity contribution is 0.473. The topological polar surface area (TPSA) is 111 Å². The predicted molar refractivity (Wildman–Crippen MR) is 74.8 cm³/mol. The summed E-state index contributed by atoms with van der Waals surface area (Å²) in [6.07, 6.45) is 2.38. The van der Waals surface area contributed by atoms with Crippen molar-refractivity contribution in [2.75, 3.05) is 5.73 Å². The Morgan fingerprint density at radius 3 is 2.95 bits per heavy atom. The number of nitrogens with two attached hydrogens (primary N) is 2. The molecule has 0 aliphatic carbocycles. The molecule has 0 aromatic carbocycles. The lowest BCUT2D eigenvalue weighted by Gasteiger charge is -2.19. The van der Waals surface area contributed by atoms with E-state index in [1.807, 2.05) is 13.0 Å². The number of furan rings is 1. The molecule has 102 valence electrons. The van der Waals surface area contributed by atoms with Gasteiger partial charge < -0.3 is 20.9 Å². The van der Waals surface area contributed by atoms with Gasteiger partial charge in [0.2, 0.25) is 0 Å². The van der Waals surface area contributed by atoms with E-state index < -0.39 is 0 Å². The lowest BCUT2D eigenvalue weighted by Crippen LogP contribution is -2.26. The summed E-state index contributed by atoms with van der Waals surface area (Å²) >= 11 is 1.34. The summed E-state index contributed by atoms with van der Waals surface area (Å²) in [6, 6.07) is 4.80. The van der Waals surface area contributed by atoms with Gasteiger partial charge in [-0.05, 0) is 18.6 Å². The third-order valence-electron chi connectivity index (χ3n) is 2.66. The fraction of sp³-hybridized carbons (Fsp3) is 0.333. The summed E-state index contributed by atoms with van der Waals surface area (Å²) < 4.78 is 5.40. The third-order valence-corrected chi connectivity index (χ3v) is 3.91. The van der Waals surface area contributed by atoms with Crippen LogP contribution in [0.15, 0.2) is 38.8 Å². The van der Waals surface area contributed by atoms with Crippen LogP contribution in [0.2, 0.25) is 0 Å². The molecule has 0 fully saturated rings. The number of rotatable bonds is 5. The summed E-state index contributed by atoms with van der Waals surface area (Å²) in [5.41, 5.74) is 11.4. The van der Waals surface area contributed by atoms with Gasteiger partial charge in [0.05, 0.1) is 11.5 Å². The first-order chi connectivity index (χ1) is 9.10. The highest BCUT2D eigenvalue weighted by Crippen LogP contribution is 2.36. The number of nitrogen functional groups attached to an aromatic ring is 1. The predicted octanol–water partition coefficient (Wildman–Crippen LogP) is 1.52. The minimum atomic E-state index is -0.279. The van der Waals surface area contributed by atoms with E-state index >= 15 is 0 Å². The van der Waals surface area contributed by atoms with Crippen molar-refractivity contribution in [2.24, 2.45) is 5.73 Å². The number of nitrogens with zero attached hydrogens (tertiary/aromatic N) is 1. The van der Waals surface area contributed by atoms with E-state index in [0.29, 0.717) is 5.16 Å². The Bertz CT molecular complexity index is 582. The van der Waals surface area contributed by atoms with Gasteiger partial charge in [-0.2, -0.15) is 0 Å². The number of aromatic amines is 1. The summed E-state index contributed by atoms with van der Waals surface area (Å²) in [4.78, 5) is 18.1. The van der Waals surface area contributed by atoms with Gasteiger partial charge in [0, 0.05) is 12.1 Å². The third kappa shape index (κ3) is 3.39. The molecule has 2 rings (SSSR count). The number of hydrogen-bond acceptors (Lipinski definition) is 6. The number of anilines is 1. The number of hydrogen-bond donors (Lipinski definition) is 3. The summed E-state index contributed by atoms with van der Waals surface area (Å²) in [5.74, 6) is 0.943. The van der Waals surface area contributed by atoms with Crippen LogP contribution in [-0.4, -0.2) is 16.0 Å². The molecule has 0 aliphatic heterocycles. The van der Waals surface area contributed by atoms with Crippen molar-refractivity contribution in [3.63, 3.8) is 0 Å². The molecule has 0 radical (unpaired) electrons. The van der Waals surface area contributed by atoms with Gasteiger partial charge in [-0.15, -0.1) is 0 Å². The van der Waals surface area contributed by atoms with E-state index in [4.69, 9.17) is 15.9 Å². The van der Waals surface area contributed by atoms with Crippen molar-refractivity contribution in [1.82, 2.24) is 9.97 Å². The lowest BCUT2D eigenvalue weighted by atomic mass is 10.1. The quantitative estimate of drug-likeness (QED) is 0.565. The maximum absolute atomic E-state index is 11.4. The Kier molecular flexibility index (Phi) is 4.28. The maximum Gasteiger partial charge on any atom is 0.253 e. The molecule has 6 nitrogen and oxygen atoms in total. The molecule has 7 heteroatoms. The Hall–Kier alpha value is -1.73. The Morgan fingerprint density at radius 2 is 2.37 bits per heavy atom. The van der Waals surface area contributed by atoms with E-state index in [2.05, 4.69) is 9.97 Å². The van der Waals surface area contributed by atoms with Crippen LogP contribution in [-0.2, 0) is 0 Å². The van der Waals surface area contributed by atoms with Crippen molar-refractivity contribution < 1.29 is 4.42 Å². The number of H-pyrrole nitrogens is 1. The van der Waals surface area contributed by atoms with E-state index in [-0.39, 0.29) is 22.7 Å². The van der Waals surface area contributed by atoms with Crippen LogP contribution in [0.1, 0.15) is 24.4 Å². The van der Waals surface area contributed by atoms with Crippen LogP contribution in [0.3, 0.4) is 0 Å². The van der Waals surface area contributed by atoms with Crippen molar-refractivity contribution in [1.29, 1.82) is 0 Å². The molecule has 2 atom stereocenters. The van der Waals surface area contributed by atoms with Gasteiger partial charge in [-0.3, -0.25) is 4.79 Å². The average Bonchev–Trinajstić information content (AvgIpc) is 2.87. The molecule has 0 amide bonds. The van der Waals surface area contributed by atoms with E-state index in [9.17, 15) is 4.79 Å². The van der Waals surface area contributed by atoms with Crippen molar-refractivity contribution in [3.8, 4) is 0 Å². The van der Waals surface area contributed by atoms with Crippen LogP contribution < -0.4 is 17.0 Å². The molecule has 0 saturated carbocycles. The summed E-state index contributed by atoms with van der Waals surface area (Å²) in [5, 5.41) is 0.320. The van der Waals surface area contributed by atoms with Crippen LogP contribution >= 0.6 is 11.8 Å². The zero-order chi connectivity index (χ0) is 13.8. The molecular formula is C12H16N4O2S. The number of nitrogens with one attached hydrogen (secondary N) is 1. The molecule has 0 saturated heterocycles. The minimum absolute atomic E-state index is 0.108. The largest absolute Gasteiger partial charge is 0.468 e. The molecule has 0 aliphatic rings. The van der Waals surface area contributed by atoms with Gasteiger partial charge in [0.1, 0.15) is 11.6 Å².